The molecule has 2 fully saturated rings. The molecule has 1 aromatic carbocycles. The number of aromatic nitrogens is 2. The van der Waals surface area contributed by atoms with E-state index in [2.05, 4.69) is 19.6 Å². The summed E-state index contributed by atoms with van der Waals surface area (Å²) in [6, 6.07) is 7.97. The number of hydrogen-bond acceptors (Lipinski definition) is 5. The molecule has 6 nitrogen and oxygen atoms in total. The van der Waals surface area contributed by atoms with Gasteiger partial charge in [-0.25, -0.2) is 4.68 Å². The summed E-state index contributed by atoms with van der Waals surface area (Å²) in [5, 5.41) is 14.5. The zero-order valence-electron chi connectivity index (χ0n) is 14.9. The molecule has 0 amide bonds. The molecule has 0 unspecified atom stereocenters. The molecule has 2 atom stereocenters. The highest BCUT2D eigenvalue weighted by Crippen LogP contribution is 2.27. The molecular formula is C18H21F3N4O2. The highest BCUT2D eigenvalue weighted by atomic mass is 19.4. The molecule has 4 rings (SSSR count). The summed E-state index contributed by atoms with van der Waals surface area (Å²) in [4.78, 5) is 4.51. The van der Waals surface area contributed by atoms with E-state index in [0.29, 0.717) is 11.7 Å². The van der Waals surface area contributed by atoms with E-state index >= 15 is 0 Å². The Balaban J connectivity index is 1.50. The molecule has 0 bridgehead atoms. The number of aryl methyl sites for hydroxylation is 1. The van der Waals surface area contributed by atoms with Gasteiger partial charge in [0.25, 0.3) is 0 Å². The van der Waals surface area contributed by atoms with Gasteiger partial charge in [-0.05, 0) is 37.6 Å². The number of alkyl halides is 3. The Hall–Kier alpha value is -2.26. The van der Waals surface area contributed by atoms with Crippen LogP contribution in [0.4, 0.5) is 19.0 Å². The van der Waals surface area contributed by atoms with Gasteiger partial charge in [0.2, 0.25) is 0 Å². The fourth-order valence-corrected chi connectivity index (χ4v) is 3.89. The van der Waals surface area contributed by atoms with Crippen molar-refractivity contribution in [2.75, 3.05) is 31.1 Å². The number of piperazine rings is 1. The summed E-state index contributed by atoms with van der Waals surface area (Å²) in [5.74, 6) is 0.580. The van der Waals surface area contributed by atoms with Crippen LogP contribution in [-0.4, -0.2) is 64.5 Å². The van der Waals surface area contributed by atoms with E-state index in [1.54, 1.807) is 16.8 Å². The fraction of sp³-hybridized carbons (Fsp3) is 0.500. The normalized spacial score (nSPS) is 23.5. The average Bonchev–Trinajstić information content (AvgIpc) is 3.15. The summed E-state index contributed by atoms with van der Waals surface area (Å²) >= 11 is 0. The van der Waals surface area contributed by atoms with Crippen molar-refractivity contribution in [1.82, 2.24) is 14.7 Å². The zero-order valence-corrected chi connectivity index (χ0v) is 14.9. The second-order valence-electron chi connectivity index (χ2n) is 7.08. The van der Waals surface area contributed by atoms with Crippen molar-refractivity contribution in [3.63, 3.8) is 0 Å². The maximum Gasteiger partial charge on any atom is 0.573 e. The highest BCUT2D eigenvalue weighted by Gasteiger charge is 2.36. The van der Waals surface area contributed by atoms with E-state index in [0.717, 1.165) is 44.1 Å². The van der Waals surface area contributed by atoms with Gasteiger partial charge >= 0.3 is 6.36 Å². The Morgan fingerprint density at radius 1 is 1.15 bits per heavy atom. The Kier molecular flexibility index (Phi) is 4.51. The molecule has 9 heteroatoms. The molecule has 1 N–H and O–H groups in total. The van der Waals surface area contributed by atoms with Gasteiger partial charge in [0.1, 0.15) is 5.75 Å². The number of anilines is 1. The van der Waals surface area contributed by atoms with Gasteiger partial charge in [-0.15, -0.1) is 13.2 Å². The Morgan fingerprint density at radius 3 is 2.59 bits per heavy atom. The number of aliphatic hydroxyl groups excluding tert-OH is 1. The van der Waals surface area contributed by atoms with Crippen LogP contribution in [0.1, 0.15) is 12.1 Å². The van der Waals surface area contributed by atoms with Crippen molar-refractivity contribution in [3.8, 4) is 11.4 Å². The topological polar surface area (TPSA) is 53.8 Å². The highest BCUT2D eigenvalue weighted by molar-refractivity contribution is 5.45. The number of aliphatic hydroxyl groups is 1. The minimum absolute atomic E-state index is 0.257. The monoisotopic (exact) mass is 382 g/mol. The predicted octanol–water partition coefficient (Wildman–Crippen LogP) is 2.33. The first kappa shape index (κ1) is 18.1. The minimum Gasteiger partial charge on any atom is -0.406 e. The summed E-state index contributed by atoms with van der Waals surface area (Å²) in [6.45, 7) is 5.17. The first-order valence-electron chi connectivity index (χ1n) is 8.88. The van der Waals surface area contributed by atoms with Crippen LogP contribution >= 0.6 is 0 Å². The van der Waals surface area contributed by atoms with Gasteiger partial charge in [0.15, 0.2) is 5.82 Å². The first-order valence-corrected chi connectivity index (χ1v) is 8.88. The Labute approximate surface area is 154 Å². The van der Waals surface area contributed by atoms with Crippen LogP contribution in [0, 0.1) is 6.92 Å². The molecule has 0 aliphatic carbocycles. The Morgan fingerprint density at radius 2 is 1.89 bits per heavy atom. The molecule has 1 aromatic heterocycles. The lowest BCUT2D eigenvalue weighted by Crippen LogP contribution is -2.50. The standard InChI is InChI=1S/C18H21F3N4O2/c1-12-8-17(24-7-6-23-11-15(26)9-14(23)10-24)22-25(12)13-2-4-16(5-3-13)27-18(19,20)21/h2-5,8,14-15,26H,6-7,9-11H2,1H3/t14-,15+/m0/s1. The number of hydrogen-bond donors (Lipinski definition) is 1. The van der Waals surface area contributed by atoms with Gasteiger partial charge in [-0.3, -0.25) is 4.90 Å². The molecule has 27 heavy (non-hydrogen) atoms. The van der Waals surface area contributed by atoms with Crippen LogP contribution in [0.5, 0.6) is 5.75 Å². The lowest BCUT2D eigenvalue weighted by molar-refractivity contribution is -0.274. The lowest BCUT2D eigenvalue weighted by Gasteiger charge is -2.37. The minimum atomic E-state index is -4.70. The third kappa shape index (κ3) is 3.89. The molecule has 146 valence electrons. The molecule has 0 saturated carbocycles. The van der Waals surface area contributed by atoms with E-state index in [1.165, 1.54) is 12.1 Å². The van der Waals surface area contributed by atoms with Gasteiger partial charge in [0, 0.05) is 44.0 Å². The number of rotatable bonds is 3. The molecule has 2 saturated heterocycles. The van der Waals surface area contributed by atoms with Crippen molar-refractivity contribution in [2.45, 2.75) is 31.9 Å². The van der Waals surface area contributed by atoms with Crippen molar-refractivity contribution in [2.24, 2.45) is 0 Å². The molecule has 2 aromatic rings. The van der Waals surface area contributed by atoms with Crippen molar-refractivity contribution in [1.29, 1.82) is 0 Å². The summed E-state index contributed by atoms with van der Waals surface area (Å²) in [7, 11) is 0. The third-order valence-corrected chi connectivity index (χ3v) is 5.11. The van der Waals surface area contributed by atoms with Crippen LogP contribution < -0.4 is 9.64 Å². The quantitative estimate of drug-likeness (QED) is 0.883. The SMILES string of the molecule is Cc1cc(N2CCN3C[C@H](O)C[C@H]3C2)nn1-c1ccc(OC(F)(F)F)cc1. The van der Waals surface area contributed by atoms with E-state index in [1.807, 2.05) is 13.0 Å². The van der Waals surface area contributed by atoms with E-state index in [-0.39, 0.29) is 11.9 Å². The van der Waals surface area contributed by atoms with Crippen molar-refractivity contribution < 1.29 is 23.0 Å². The average molecular weight is 382 g/mol. The van der Waals surface area contributed by atoms with Crippen LogP contribution in [0.25, 0.3) is 5.69 Å². The zero-order chi connectivity index (χ0) is 19.2. The molecule has 0 spiro atoms. The van der Waals surface area contributed by atoms with Crippen molar-refractivity contribution >= 4 is 5.82 Å². The van der Waals surface area contributed by atoms with Gasteiger partial charge in [-0.1, -0.05) is 0 Å². The van der Waals surface area contributed by atoms with E-state index < -0.39 is 6.36 Å². The van der Waals surface area contributed by atoms with Crippen LogP contribution in [0.3, 0.4) is 0 Å². The maximum atomic E-state index is 12.3. The molecule has 3 heterocycles. The molecule has 0 radical (unpaired) electrons. The van der Waals surface area contributed by atoms with E-state index in [4.69, 9.17) is 0 Å². The predicted molar refractivity (Wildman–Crippen MR) is 93.2 cm³/mol. The van der Waals surface area contributed by atoms with Crippen LogP contribution in [0.2, 0.25) is 0 Å². The second-order valence-corrected chi connectivity index (χ2v) is 7.08. The maximum absolute atomic E-state index is 12.3. The molecule has 2 aliphatic heterocycles. The van der Waals surface area contributed by atoms with Crippen LogP contribution in [0.15, 0.2) is 30.3 Å². The fourth-order valence-electron chi connectivity index (χ4n) is 3.89. The van der Waals surface area contributed by atoms with Crippen LogP contribution in [-0.2, 0) is 0 Å². The van der Waals surface area contributed by atoms with Crippen molar-refractivity contribution in [3.05, 3.63) is 36.0 Å². The number of halogens is 3. The lowest BCUT2D eigenvalue weighted by atomic mass is 10.1. The summed E-state index contributed by atoms with van der Waals surface area (Å²) in [5.41, 5.74) is 1.56. The number of ether oxygens (including phenoxy) is 1. The van der Waals surface area contributed by atoms with E-state index in [9.17, 15) is 18.3 Å². The first-order chi connectivity index (χ1) is 12.8. The van der Waals surface area contributed by atoms with Gasteiger partial charge in [0.05, 0.1) is 11.8 Å². The number of fused-ring (bicyclic) bond motifs is 1. The molecular weight excluding hydrogens is 361 g/mol. The smallest absolute Gasteiger partial charge is 0.406 e. The molecule has 2 aliphatic rings. The Bertz CT molecular complexity index is 806. The second kappa shape index (κ2) is 6.72. The summed E-state index contributed by atoms with van der Waals surface area (Å²) < 4.78 is 42.5. The van der Waals surface area contributed by atoms with Gasteiger partial charge < -0.3 is 14.7 Å². The number of benzene rings is 1. The van der Waals surface area contributed by atoms with Gasteiger partial charge in [-0.2, -0.15) is 5.10 Å². The number of nitrogens with zero attached hydrogens (tertiary/aromatic N) is 4. The third-order valence-electron chi connectivity index (χ3n) is 5.11. The summed E-state index contributed by atoms with van der Waals surface area (Å²) in [6.07, 6.45) is -4.19. The largest absolute Gasteiger partial charge is 0.573 e.